The zero-order valence-electron chi connectivity index (χ0n) is 27.7. The molecule has 2 amide bonds. The highest BCUT2D eigenvalue weighted by atomic mass is 32.2. The molecule has 0 saturated carbocycles. The molecule has 14 nitrogen and oxygen atoms in total. The quantitative estimate of drug-likeness (QED) is 0.272. The molecule has 0 radical (unpaired) electrons. The zero-order chi connectivity index (χ0) is 34.7. The molecule has 3 saturated heterocycles. The molecule has 266 valence electrons. The van der Waals surface area contributed by atoms with E-state index in [1.54, 1.807) is 16.2 Å². The van der Waals surface area contributed by atoms with Crippen LogP contribution in [0.3, 0.4) is 0 Å². The first-order valence-corrected chi connectivity index (χ1v) is 17.8. The van der Waals surface area contributed by atoms with Gasteiger partial charge < -0.3 is 15.0 Å². The van der Waals surface area contributed by atoms with Gasteiger partial charge in [-0.1, -0.05) is 12.1 Å². The number of imide groups is 1. The van der Waals surface area contributed by atoms with Crippen molar-refractivity contribution in [2.45, 2.75) is 69.6 Å². The predicted molar refractivity (Wildman–Crippen MR) is 179 cm³/mol. The highest BCUT2D eigenvalue weighted by molar-refractivity contribution is 7.80. The number of nitrogens with one attached hydrogen (secondary N) is 2. The topological polar surface area (TPSA) is 147 Å². The van der Waals surface area contributed by atoms with Crippen LogP contribution >= 0.6 is 0 Å². The van der Waals surface area contributed by atoms with Crippen LogP contribution in [0.2, 0.25) is 0 Å². The van der Waals surface area contributed by atoms with Gasteiger partial charge in [-0.25, -0.2) is 27.6 Å². The third kappa shape index (κ3) is 8.00. The number of hydrogen-bond donors (Lipinski definition) is 2. The lowest BCUT2D eigenvalue weighted by molar-refractivity contribution is -0.135. The molecule has 17 heteroatoms. The van der Waals surface area contributed by atoms with E-state index in [2.05, 4.69) is 36.3 Å². The van der Waals surface area contributed by atoms with Crippen molar-refractivity contribution < 1.29 is 27.3 Å². The van der Waals surface area contributed by atoms with E-state index in [0.29, 0.717) is 32.0 Å². The van der Waals surface area contributed by atoms with Crippen molar-refractivity contribution in [2.75, 3.05) is 51.6 Å². The van der Waals surface area contributed by atoms with Gasteiger partial charge in [-0.2, -0.15) is 8.78 Å². The van der Waals surface area contributed by atoms with Gasteiger partial charge in [-0.15, -0.1) is 0 Å². The van der Waals surface area contributed by atoms with Gasteiger partial charge in [-0.3, -0.25) is 24.0 Å². The second kappa shape index (κ2) is 15.4. The summed E-state index contributed by atoms with van der Waals surface area (Å²) in [4.78, 5) is 48.2. The fourth-order valence-corrected chi connectivity index (χ4v) is 8.38. The summed E-state index contributed by atoms with van der Waals surface area (Å²) in [5.74, 6) is -0.214. The van der Waals surface area contributed by atoms with Crippen LogP contribution in [0.15, 0.2) is 35.4 Å². The lowest BCUT2D eigenvalue weighted by Crippen LogP contribution is -2.45. The van der Waals surface area contributed by atoms with Crippen molar-refractivity contribution in [1.29, 1.82) is 0 Å². The Kier molecular flexibility index (Phi) is 11.0. The molecule has 2 atom stereocenters. The molecule has 2 unspecified atom stereocenters. The number of aromatic nitrogens is 4. The number of halogens is 2. The van der Waals surface area contributed by atoms with Crippen molar-refractivity contribution in [2.24, 2.45) is 7.05 Å². The van der Waals surface area contributed by atoms with Crippen molar-refractivity contribution in [1.82, 2.24) is 37.9 Å². The number of carbonyl (C=O) groups excluding carboxylic acids is 2. The van der Waals surface area contributed by atoms with Crippen molar-refractivity contribution in [3.8, 4) is 5.75 Å². The number of benzene rings is 1. The summed E-state index contributed by atoms with van der Waals surface area (Å²) in [6.07, 6.45) is 7.20. The van der Waals surface area contributed by atoms with Crippen molar-refractivity contribution in [3.05, 3.63) is 46.6 Å². The third-order valence-electron chi connectivity index (χ3n) is 9.76. The SMILES string of the molecule is CN(CCCN1CCC(c2cccc3c2n(C)c(=O)n3C2CCC(=O)NC2=O)CC1)S(=O)N1CCC(Nc2ncc(OC(F)F)cn2)CC1. The number of piperidine rings is 3. The van der Waals surface area contributed by atoms with E-state index in [1.807, 2.05) is 27.8 Å². The summed E-state index contributed by atoms with van der Waals surface area (Å²) < 4.78 is 49.2. The van der Waals surface area contributed by atoms with Gasteiger partial charge in [0.25, 0.3) is 0 Å². The van der Waals surface area contributed by atoms with E-state index in [4.69, 9.17) is 0 Å². The van der Waals surface area contributed by atoms with Crippen LogP contribution in [0.1, 0.15) is 62.5 Å². The number of carbonyl (C=O) groups is 2. The van der Waals surface area contributed by atoms with Crippen LogP contribution in [0.25, 0.3) is 11.0 Å². The molecule has 3 aliphatic rings. The lowest BCUT2D eigenvalue weighted by Gasteiger charge is -2.34. The van der Waals surface area contributed by atoms with Gasteiger partial charge in [0.1, 0.15) is 6.04 Å². The molecule has 0 aliphatic carbocycles. The largest absolute Gasteiger partial charge is 0.432 e. The Bertz CT molecular complexity index is 1720. The van der Waals surface area contributed by atoms with Crippen molar-refractivity contribution >= 4 is 40.0 Å². The van der Waals surface area contributed by atoms with E-state index in [9.17, 15) is 27.4 Å². The molecule has 2 aromatic heterocycles. The van der Waals surface area contributed by atoms with E-state index in [-0.39, 0.29) is 35.7 Å². The molecular formula is C32H43F2N9O5S. The van der Waals surface area contributed by atoms with Crippen LogP contribution in [0.5, 0.6) is 5.75 Å². The number of fused-ring (bicyclic) bond motifs is 1. The van der Waals surface area contributed by atoms with Gasteiger partial charge >= 0.3 is 12.3 Å². The molecule has 0 spiro atoms. The van der Waals surface area contributed by atoms with Gasteiger partial charge in [0.05, 0.1) is 23.4 Å². The maximum Gasteiger partial charge on any atom is 0.387 e. The standard InChI is InChI=1S/C32H43F2N9O5S/c1-39(49(47)42-17-11-22(12-18-42)37-31-35-19-23(20-36-31)48-30(33)34)13-4-14-41-15-9-21(10-16-41)24-5-3-6-25-28(24)40(2)32(46)43(25)26-7-8-27(44)38-29(26)45/h3,5-6,19-22,26,30H,4,7-18H2,1-2H3,(H,35,36,37)(H,38,44,45). The Balaban J connectivity index is 0.948. The fourth-order valence-electron chi connectivity index (χ4n) is 7.18. The first-order valence-electron chi connectivity index (χ1n) is 16.8. The Morgan fingerprint density at radius 2 is 1.78 bits per heavy atom. The highest BCUT2D eigenvalue weighted by Gasteiger charge is 2.33. The number of anilines is 1. The summed E-state index contributed by atoms with van der Waals surface area (Å²) in [6.45, 7) is 1.79. The van der Waals surface area contributed by atoms with E-state index < -0.39 is 29.7 Å². The summed E-state index contributed by atoms with van der Waals surface area (Å²) in [5.41, 5.74) is 2.44. The second-order valence-corrected chi connectivity index (χ2v) is 14.5. The minimum Gasteiger partial charge on any atom is -0.432 e. The minimum atomic E-state index is -2.92. The predicted octanol–water partition coefficient (Wildman–Crippen LogP) is 2.37. The molecule has 2 N–H and O–H groups in total. The normalized spacial score (nSPS) is 21.1. The van der Waals surface area contributed by atoms with Crippen LogP contribution in [-0.2, 0) is 27.8 Å². The summed E-state index contributed by atoms with van der Waals surface area (Å²) in [6, 6.07) is 5.30. The number of likely N-dealkylation sites (tertiary alicyclic amines) is 1. The summed E-state index contributed by atoms with van der Waals surface area (Å²) >= 11 is -1.25. The number of ether oxygens (including phenoxy) is 1. The average Bonchev–Trinajstić information content (AvgIpc) is 3.34. The zero-order valence-corrected chi connectivity index (χ0v) is 28.5. The van der Waals surface area contributed by atoms with Gasteiger partial charge in [0.15, 0.2) is 16.9 Å². The number of amides is 2. The molecule has 49 heavy (non-hydrogen) atoms. The Morgan fingerprint density at radius 1 is 1.06 bits per heavy atom. The Morgan fingerprint density at radius 3 is 2.45 bits per heavy atom. The van der Waals surface area contributed by atoms with Crippen LogP contribution in [0, 0.1) is 0 Å². The smallest absolute Gasteiger partial charge is 0.387 e. The molecule has 6 rings (SSSR count). The summed E-state index contributed by atoms with van der Waals surface area (Å²) in [5, 5.41) is 5.59. The lowest BCUT2D eigenvalue weighted by atomic mass is 9.88. The number of rotatable bonds is 12. The molecule has 1 aromatic carbocycles. The number of imidazole rings is 1. The molecule has 5 heterocycles. The van der Waals surface area contributed by atoms with Gasteiger partial charge in [0.2, 0.25) is 17.8 Å². The monoisotopic (exact) mass is 703 g/mol. The molecule has 0 bridgehead atoms. The van der Waals surface area contributed by atoms with E-state index in [1.165, 1.54) is 12.4 Å². The molecule has 3 aliphatic heterocycles. The van der Waals surface area contributed by atoms with E-state index >= 15 is 0 Å². The van der Waals surface area contributed by atoms with Crippen LogP contribution < -0.4 is 21.1 Å². The third-order valence-corrected chi connectivity index (χ3v) is 11.3. The molecular weight excluding hydrogens is 660 g/mol. The van der Waals surface area contributed by atoms with Gasteiger partial charge in [0, 0.05) is 46.2 Å². The first-order chi connectivity index (χ1) is 23.6. The fraction of sp³-hybridized carbons (Fsp3) is 0.594. The number of hydrogen-bond acceptors (Lipinski definition) is 9. The maximum absolute atomic E-state index is 13.3. The summed E-state index contributed by atoms with van der Waals surface area (Å²) in [7, 11) is 3.63. The molecule has 3 aromatic rings. The van der Waals surface area contributed by atoms with E-state index in [0.717, 1.165) is 68.3 Å². The molecule has 3 fully saturated rings. The maximum atomic E-state index is 13.3. The van der Waals surface area contributed by atoms with Crippen molar-refractivity contribution in [3.63, 3.8) is 0 Å². The number of para-hydroxylation sites is 1. The number of nitrogens with zero attached hydrogens (tertiary/aromatic N) is 7. The Labute approximate surface area is 285 Å². The number of aryl methyl sites for hydroxylation is 1. The average molecular weight is 704 g/mol. The number of alkyl halides is 2. The Hall–Kier alpha value is -3.80. The first kappa shape index (κ1) is 35.0. The van der Waals surface area contributed by atoms with Gasteiger partial charge in [-0.05, 0) is 75.7 Å². The van der Waals surface area contributed by atoms with Crippen LogP contribution in [-0.4, -0.2) is 108 Å². The second-order valence-electron chi connectivity index (χ2n) is 12.9. The minimum absolute atomic E-state index is 0.0884. The highest BCUT2D eigenvalue weighted by Crippen LogP contribution is 2.34. The van der Waals surface area contributed by atoms with Crippen LogP contribution in [0.4, 0.5) is 14.7 Å².